The molecule has 3 fully saturated rings. The molecule has 1 amide bonds. The van der Waals surface area contributed by atoms with Gasteiger partial charge in [0.25, 0.3) is 5.91 Å². The van der Waals surface area contributed by atoms with Crippen LogP contribution >= 0.6 is 0 Å². The van der Waals surface area contributed by atoms with Gasteiger partial charge in [-0.15, -0.1) is 0 Å². The van der Waals surface area contributed by atoms with Crippen molar-refractivity contribution in [3.8, 4) is 11.1 Å². The number of likely N-dealkylation sites (tertiary alicyclic amines) is 1. The van der Waals surface area contributed by atoms with Crippen LogP contribution < -0.4 is 4.72 Å². The molecule has 3 atom stereocenters. The standard InChI is InChI=1S/C24H25F3N2O4S/c1-34(31,32)28-22-19(29(13-24(22)7-8-24)23(30)20-6-9-33-20)11-14-10-15(25)12-17(21(14)27)16-4-2-3-5-18(16)26/h2-5,10,12,19-20,22,28H,6-9,11,13H2,1H3/t19-,20+,22+/m0/s1. The van der Waals surface area contributed by atoms with Crippen LogP contribution in [0.2, 0.25) is 0 Å². The lowest BCUT2D eigenvalue weighted by molar-refractivity contribution is -0.157. The molecule has 182 valence electrons. The van der Waals surface area contributed by atoms with Gasteiger partial charge in [-0.2, -0.15) is 0 Å². The Balaban J connectivity index is 1.55. The van der Waals surface area contributed by atoms with E-state index in [9.17, 15) is 22.0 Å². The van der Waals surface area contributed by atoms with Crippen LogP contribution in [0.4, 0.5) is 13.2 Å². The number of nitrogens with one attached hydrogen (secondary N) is 1. The summed E-state index contributed by atoms with van der Waals surface area (Å²) in [7, 11) is -3.64. The number of amides is 1. The number of rotatable bonds is 6. The van der Waals surface area contributed by atoms with Crippen LogP contribution in [0.5, 0.6) is 0 Å². The van der Waals surface area contributed by atoms with Crippen LogP contribution in [0.15, 0.2) is 36.4 Å². The topological polar surface area (TPSA) is 75.7 Å². The first-order valence-corrected chi connectivity index (χ1v) is 13.1. The van der Waals surface area contributed by atoms with Gasteiger partial charge >= 0.3 is 0 Å². The predicted molar refractivity (Wildman–Crippen MR) is 119 cm³/mol. The van der Waals surface area contributed by atoms with Gasteiger partial charge in [0.2, 0.25) is 10.0 Å². The first-order valence-electron chi connectivity index (χ1n) is 11.2. The highest BCUT2D eigenvalue weighted by Crippen LogP contribution is 2.56. The van der Waals surface area contributed by atoms with E-state index < -0.39 is 51.1 Å². The lowest BCUT2D eigenvalue weighted by Gasteiger charge is -2.34. The summed E-state index contributed by atoms with van der Waals surface area (Å²) in [6.07, 6.45) is 2.31. The number of hydrogen-bond acceptors (Lipinski definition) is 4. The quantitative estimate of drug-likeness (QED) is 0.670. The summed E-state index contributed by atoms with van der Waals surface area (Å²) < 4.78 is 76.9. The van der Waals surface area contributed by atoms with Crippen LogP contribution in [0.3, 0.4) is 0 Å². The monoisotopic (exact) mass is 494 g/mol. The van der Waals surface area contributed by atoms with Gasteiger partial charge in [-0.3, -0.25) is 4.79 Å². The lowest BCUT2D eigenvalue weighted by atomic mass is 9.91. The minimum atomic E-state index is -3.64. The molecule has 6 nitrogen and oxygen atoms in total. The summed E-state index contributed by atoms with van der Waals surface area (Å²) in [5.41, 5.74) is -0.785. The first-order chi connectivity index (χ1) is 16.1. The zero-order valence-electron chi connectivity index (χ0n) is 18.6. The van der Waals surface area contributed by atoms with Gasteiger partial charge in [-0.05, 0) is 43.0 Å². The fraction of sp³-hybridized carbons (Fsp3) is 0.458. The van der Waals surface area contributed by atoms with E-state index in [0.717, 1.165) is 37.3 Å². The van der Waals surface area contributed by atoms with Crippen LogP contribution in [-0.4, -0.2) is 56.8 Å². The van der Waals surface area contributed by atoms with Gasteiger partial charge in [0.05, 0.1) is 18.9 Å². The van der Waals surface area contributed by atoms with Gasteiger partial charge in [0, 0.05) is 35.5 Å². The Morgan fingerprint density at radius 1 is 1.18 bits per heavy atom. The maximum absolute atomic E-state index is 15.6. The van der Waals surface area contributed by atoms with E-state index >= 15 is 4.39 Å². The second-order valence-electron chi connectivity index (χ2n) is 9.52. The van der Waals surface area contributed by atoms with Crippen molar-refractivity contribution in [2.45, 2.75) is 43.9 Å². The molecule has 2 aromatic carbocycles. The normalized spacial score (nSPS) is 25.4. The summed E-state index contributed by atoms with van der Waals surface area (Å²) in [6.45, 7) is 0.788. The Kier molecular flexibility index (Phi) is 5.73. The number of nitrogens with zero attached hydrogens (tertiary/aromatic N) is 1. The molecule has 34 heavy (non-hydrogen) atoms. The SMILES string of the molecule is CS(=O)(=O)N[C@@H]1[C@H](Cc2cc(F)cc(-c3ccccc3F)c2F)N(C(=O)[C@H]2CCO2)CC12CC2. The van der Waals surface area contributed by atoms with Crippen molar-refractivity contribution in [3.05, 3.63) is 59.4 Å². The smallest absolute Gasteiger partial charge is 0.252 e. The third-order valence-corrected chi connectivity index (χ3v) is 7.81. The number of halogens is 3. The van der Waals surface area contributed by atoms with Crippen molar-refractivity contribution in [2.24, 2.45) is 5.41 Å². The van der Waals surface area contributed by atoms with Crippen LogP contribution in [0.1, 0.15) is 24.8 Å². The second-order valence-corrected chi connectivity index (χ2v) is 11.3. The molecule has 0 radical (unpaired) electrons. The van der Waals surface area contributed by atoms with Crippen LogP contribution in [0, 0.1) is 22.9 Å². The highest BCUT2D eigenvalue weighted by Gasteiger charge is 2.61. The van der Waals surface area contributed by atoms with E-state index in [1.807, 2.05) is 0 Å². The average Bonchev–Trinajstić information content (AvgIpc) is 3.44. The van der Waals surface area contributed by atoms with Gasteiger partial charge in [0.1, 0.15) is 23.6 Å². The summed E-state index contributed by atoms with van der Waals surface area (Å²) in [4.78, 5) is 14.7. The van der Waals surface area contributed by atoms with Crippen molar-refractivity contribution in [2.75, 3.05) is 19.4 Å². The van der Waals surface area contributed by atoms with Crippen molar-refractivity contribution >= 4 is 15.9 Å². The second kappa shape index (κ2) is 8.35. The van der Waals surface area contributed by atoms with E-state index in [1.54, 1.807) is 4.90 Å². The Labute approximate surface area is 196 Å². The predicted octanol–water partition coefficient (Wildman–Crippen LogP) is 3.01. The van der Waals surface area contributed by atoms with E-state index in [-0.39, 0.29) is 29.0 Å². The van der Waals surface area contributed by atoms with Gasteiger partial charge < -0.3 is 9.64 Å². The van der Waals surface area contributed by atoms with Crippen molar-refractivity contribution in [3.63, 3.8) is 0 Å². The molecule has 0 bridgehead atoms. The lowest BCUT2D eigenvalue weighted by Crippen LogP contribution is -2.53. The molecule has 10 heteroatoms. The maximum Gasteiger partial charge on any atom is 0.252 e. The molecule has 1 saturated carbocycles. The largest absolute Gasteiger partial charge is 0.368 e. The van der Waals surface area contributed by atoms with Crippen LogP contribution in [-0.2, 0) is 26.0 Å². The Morgan fingerprint density at radius 2 is 1.88 bits per heavy atom. The average molecular weight is 495 g/mol. The molecular formula is C24H25F3N2O4S. The molecule has 1 aliphatic carbocycles. The molecule has 2 heterocycles. The van der Waals surface area contributed by atoms with E-state index in [4.69, 9.17) is 4.74 Å². The molecular weight excluding hydrogens is 469 g/mol. The van der Waals surface area contributed by atoms with E-state index in [1.165, 1.54) is 18.2 Å². The Bertz CT molecular complexity index is 1240. The first kappa shape index (κ1) is 23.3. The third-order valence-electron chi connectivity index (χ3n) is 7.13. The summed E-state index contributed by atoms with van der Waals surface area (Å²) in [6, 6.07) is 6.09. The number of carbonyl (C=O) groups excluding carboxylic acids is 1. The molecule has 2 aromatic rings. The van der Waals surface area contributed by atoms with Crippen LogP contribution in [0.25, 0.3) is 11.1 Å². The van der Waals surface area contributed by atoms with E-state index in [0.29, 0.717) is 19.6 Å². The van der Waals surface area contributed by atoms with Gasteiger partial charge in [-0.1, -0.05) is 18.2 Å². The summed E-state index contributed by atoms with van der Waals surface area (Å²) in [5, 5.41) is 0. The fourth-order valence-corrected chi connectivity index (χ4v) is 6.06. The molecule has 2 aliphatic heterocycles. The van der Waals surface area contributed by atoms with Crippen molar-refractivity contribution in [1.82, 2.24) is 9.62 Å². The minimum Gasteiger partial charge on any atom is -0.368 e. The third kappa shape index (κ3) is 4.23. The van der Waals surface area contributed by atoms with Crippen molar-refractivity contribution < 1.29 is 31.1 Å². The van der Waals surface area contributed by atoms with Gasteiger partial charge in [0.15, 0.2) is 0 Å². The number of carbonyl (C=O) groups is 1. The fourth-order valence-electron chi connectivity index (χ4n) is 5.19. The van der Waals surface area contributed by atoms with Crippen molar-refractivity contribution in [1.29, 1.82) is 0 Å². The molecule has 3 aliphatic rings. The van der Waals surface area contributed by atoms with E-state index in [2.05, 4.69) is 4.72 Å². The number of benzene rings is 2. The Hall–Kier alpha value is -2.43. The maximum atomic E-state index is 15.6. The highest BCUT2D eigenvalue weighted by atomic mass is 32.2. The summed E-state index contributed by atoms with van der Waals surface area (Å²) >= 11 is 0. The summed E-state index contributed by atoms with van der Waals surface area (Å²) in [5.74, 6) is -2.51. The number of ether oxygens (including phenoxy) is 1. The zero-order chi connectivity index (χ0) is 24.3. The highest BCUT2D eigenvalue weighted by molar-refractivity contribution is 7.88. The molecule has 0 unspecified atom stereocenters. The molecule has 1 N–H and O–H groups in total. The number of hydrogen-bond donors (Lipinski definition) is 1. The Morgan fingerprint density at radius 3 is 2.47 bits per heavy atom. The van der Waals surface area contributed by atoms with Gasteiger partial charge in [-0.25, -0.2) is 26.3 Å². The molecule has 5 rings (SSSR count). The molecule has 2 saturated heterocycles. The number of sulfonamides is 1. The molecule has 0 aromatic heterocycles. The molecule has 1 spiro atoms. The minimum absolute atomic E-state index is 0.0476. The zero-order valence-corrected chi connectivity index (χ0v) is 19.4.